The maximum atomic E-state index is 12.2. The lowest BCUT2D eigenvalue weighted by atomic mass is 9.79. The first kappa shape index (κ1) is 16.1. The quantitative estimate of drug-likeness (QED) is 0.719. The van der Waals surface area contributed by atoms with Crippen LogP contribution in [0.1, 0.15) is 32.6 Å². The van der Waals surface area contributed by atoms with Gasteiger partial charge in [-0.3, -0.25) is 14.6 Å². The lowest BCUT2D eigenvalue weighted by Crippen LogP contribution is -2.42. The Hall–Kier alpha value is -1.76. The minimum Gasteiger partial charge on any atom is -0.379 e. The summed E-state index contributed by atoms with van der Waals surface area (Å²) in [6.07, 6.45) is 8.87. The summed E-state index contributed by atoms with van der Waals surface area (Å²) in [4.78, 5) is 28.1. The second-order valence-electron chi connectivity index (χ2n) is 6.42. The van der Waals surface area contributed by atoms with Gasteiger partial charge in [-0.05, 0) is 32.3 Å². The lowest BCUT2D eigenvalue weighted by molar-refractivity contribution is -0.125. The SMILES string of the molecule is C[C@@]1(C2C=C(NC(=O)[C@H]3CCC(=O)N3)C=CC2)CCSC(N)=N1. The highest BCUT2D eigenvalue weighted by molar-refractivity contribution is 8.13. The molecule has 0 aromatic rings. The maximum absolute atomic E-state index is 12.2. The van der Waals surface area contributed by atoms with Gasteiger partial charge in [-0.25, -0.2) is 0 Å². The van der Waals surface area contributed by atoms with E-state index in [1.54, 1.807) is 11.8 Å². The van der Waals surface area contributed by atoms with E-state index in [9.17, 15) is 9.59 Å². The van der Waals surface area contributed by atoms with Gasteiger partial charge in [0.2, 0.25) is 11.8 Å². The van der Waals surface area contributed by atoms with Gasteiger partial charge >= 0.3 is 0 Å². The van der Waals surface area contributed by atoms with Crippen molar-refractivity contribution in [2.75, 3.05) is 5.75 Å². The molecule has 2 heterocycles. The second kappa shape index (κ2) is 6.39. The molecule has 1 aliphatic carbocycles. The van der Waals surface area contributed by atoms with E-state index in [0.717, 1.165) is 24.3 Å². The summed E-state index contributed by atoms with van der Waals surface area (Å²) in [5, 5.41) is 6.24. The molecule has 1 fully saturated rings. The Morgan fingerprint density at radius 1 is 1.57 bits per heavy atom. The average Bonchev–Trinajstić information content (AvgIpc) is 2.94. The summed E-state index contributed by atoms with van der Waals surface area (Å²) in [5.41, 5.74) is 6.45. The highest BCUT2D eigenvalue weighted by atomic mass is 32.2. The van der Waals surface area contributed by atoms with E-state index in [4.69, 9.17) is 5.73 Å². The summed E-state index contributed by atoms with van der Waals surface area (Å²) < 4.78 is 0. The minimum absolute atomic E-state index is 0.0618. The Balaban J connectivity index is 1.69. The fourth-order valence-corrected chi connectivity index (χ4v) is 4.21. The van der Waals surface area contributed by atoms with Crippen LogP contribution in [0.2, 0.25) is 0 Å². The molecule has 2 aliphatic heterocycles. The summed E-state index contributed by atoms with van der Waals surface area (Å²) in [5.74, 6) is 0.962. The molecule has 0 radical (unpaired) electrons. The van der Waals surface area contributed by atoms with Gasteiger partial charge in [0.05, 0.1) is 5.54 Å². The molecule has 23 heavy (non-hydrogen) atoms. The number of hydrogen-bond donors (Lipinski definition) is 3. The van der Waals surface area contributed by atoms with Crippen LogP contribution in [-0.4, -0.2) is 34.3 Å². The maximum Gasteiger partial charge on any atom is 0.246 e. The zero-order valence-corrected chi connectivity index (χ0v) is 14.0. The van der Waals surface area contributed by atoms with Crippen LogP contribution in [-0.2, 0) is 9.59 Å². The molecule has 124 valence electrons. The monoisotopic (exact) mass is 334 g/mol. The topological polar surface area (TPSA) is 96.6 Å². The van der Waals surface area contributed by atoms with Crippen molar-refractivity contribution in [1.82, 2.24) is 10.6 Å². The summed E-state index contributed by atoms with van der Waals surface area (Å²) in [6.45, 7) is 2.12. The molecule has 0 aromatic carbocycles. The van der Waals surface area contributed by atoms with Crippen LogP contribution in [0.15, 0.2) is 28.9 Å². The number of rotatable bonds is 3. The van der Waals surface area contributed by atoms with Crippen LogP contribution in [0.25, 0.3) is 0 Å². The second-order valence-corrected chi connectivity index (χ2v) is 7.54. The number of allylic oxidation sites excluding steroid dienone is 2. The van der Waals surface area contributed by atoms with Crippen molar-refractivity contribution in [2.45, 2.75) is 44.2 Å². The number of aliphatic imine (C=N–C) groups is 1. The first-order valence-corrected chi connectivity index (χ1v) is 8.91. The van der Waals surface area contributed by atoms with Gasteiger partial charge < -0.3 is 16.4 Å². The van der Waals surface area contributed by atoms with Gasteiger partial charge in [-0.1, -0.05) is 23.9 Å². The Morgan fingerprint density at radius 3 is 3.09 bits per heavy atom. The first-order valence-electron chi connectivity index (χ1n) is 7.93. The Morgan fingerprint density at radius 2 is 2.39 bits per heavy atom. The zero-order chi connectivity index (χ0) is 16.4. The molecule has 0 bridgehead atoms. The summed E-state index contributed by atoms with van der Waals surface area (Å²) in [7, 11) is 0. The number of carbonyl (C=O) groups excluding carboxylic acids is 2. The van der Waals surface area contributed by atoms with E-state index in [-0.39, 0.29) is 23.3 Å². The first-order chi connectivity index (χ1) is 11.0. The number of amidine groups is 1. The van der Waals surface area contributed by atoms with Crippen molar-refractivity contribution in [3.8, 4) is 0 Å². The number of thioether (sulfide) groups is 1. The summed E-state index contributed by atoms with van der Waals surface area (Å²) in [6, 6.07) is -0.424. The molecule has 7 heteroatoms. The van der Waals surface area contributed by atoms with Crippen LogP contribution in [0, 0.1) is 5.92 Å². The van der Waals surface area contributed by atoms with Gasteiger partial charge in [-0.15, -0.1) is 0 Å². The van der Waals surface area contributed by atoms with Crippen molar-refractivity contribution in [1.29, 1.82) is 0 Å². The van der Waals surface area contributed by atoms with Gasteiger partial charge in [0, 0.05) is 23.8 Å². The highest BCUT2D eigenvalue weighted by Gasteiger charge is 2.36. The van der Waals surface area contributed by atoms with E-state index in [1.165, 1.54) is 0 Å². The molecule has 1 unspecified atom stereocenters. The third kappa shape index (κ3) is 3.60. The molecule has 3 aliphatic rings. The van der Waals surface area contributed by atoms with Gasteiger partial charge in [0.15, 0.2) is 5.17 Å². The third-order valence-corrected chi connectivity index (χ3v) is 5.47. The van der Waals surface area contributed by atoms with Crippen molar-refractivity contribution in [3.63, 3.8) is 0 Å². The number of amides is 2. The van der Waals surface area contributed by atoms with Gasteiger partial charge in [-0.2, -0.15) is 0 Å². The molecular formula is C16H22N4O2S. The van der Waals surface area contributed by atoms with E-state index in [0.29, 0.717) is 18.0 Å². The zero-order valence-electron chi connectivity index (χ0n) is 13.2. The number of nitrogens with one attached hydrogen (secondary N) is 2. The number of hydrogen-bond acceptors (Lipinski definition) is 5. The van der Waals surface area contributed by atoms with E-state index in [1.807, 2.05) is 6.08 Å². The fourth-order valence-electron chi connectivity index (χ4n) is 3.21. The van der Waals surface area contributed by atoms with Crippen LogP contribution < -0.4 is 16.4 Å². The Labute approximate surface area is 140 Å². The standard InChI is InChI=1S/C16H22N4O2S/c1-16(7-8-23-15(17)20-16)10-3-2-4-11(9-10)18-14(22)12-5-6-13(21)19-12/h2,4,9-10,12H,3,5-8H2,1H3,(H2,17,20)(H,18,22)(H,19,21)/t10?,12-,16+/m1/s1. The van der Waals surface area contributed by atoms with Crippen LogP contribution >= 0.6 is 11.8 Å². The number of nitrogens with zero attached hydrogens (tertiary/aromatic N) is 1. The Kier molecular flexibility index (Phi) is 4.48. The molecule has 2 amide bonds. The molecule has 0 saturated carbocycles. The third-order valence-electron chi connectivity index (χ3n) is 4.67. The van der Waals surface area contributed by atoms with Gasteiger partial charge in [0.1, 0.15) is 6.04 Å². The minimum atomic E-state index is -0.424. The molecule has 6 nitrogen and oxygen atoms in total. The number of carbonyl (C=O) groups is 2. The van der Waals surface area contributed by atoms with E-state index < -0.39 is 6.04 Å². The molecule has 1 saturated heterocycles. The van der Waals surface area contributed by atoms with Crippen LogP contribution in [0.4, 0.5) is 0 Å². The highest BCUT2D eigenvalue weighted by Crippen LogP contribution is 2.37. The molecule has 0 aromatic heterocycles. The largest absolute Gasteiger partial charge is 0.379 e. The Bertz CT molecular complexity index is 613. The van der Waals surface area contributed by atoms with Crippen molar-refractivity contribution >= 4 is 28.7 Å². The molecule has 0 spiro atoms. The normalized spacial score (nSPS) is 33.7. The predicted molar refractivity (Wildman–Crippen MR) is 91.7 cm³/mol. The van der Waals surface area contributed by atoms with E-state index in [2.05, 4.69) is 34.7 Å². The molecule has 3 atom stereocenters. The van der Waals surface area contributed by atoms with Crippen molar-refractivity contribution in [2.24, 2.45) is 16.6 Å². The predicted octanol–water partition coefficient (Wildman–Crippen LogP) is 1.05. The number of nitrogens with two attached hydrogens (primary N) is 1. The van der Waals surface area contributed by atoms with Crippen LogP contribution in [0.3, 0.4) is 0 Å². The molecule has 3 rings (SSSR count). The summed E-state index contributed by atoms with van der Waals surface area (Å²) >= 11 is 1.59. The molecule has 4 N–H and O–H groups in total. The van der Waals surface area contributed by atoms with Crippen molar-refractivity contribution < 1.29 is 9.59 Å². The van der Waals surface area contributed by atoms with E-state index >= 15 is 0 Å². The fraction of sp³-hybridized carbons (Fsp3) is 0.562. The van der Waals surface area contributed by atoms with Gasteiger partial charge in [0.25, 0.3) is 0 Å². The van der Waals surface area contributed by atoms with Crippen molar-refractivity contribution in [3.05, 3.63) is 23.9 Å². The average molecular weight is 334 g/mol. The molecular weight excluding hydrogens is 312 g/mol. The lowest BCUT2D eigenvalue weighted by Gasteiger charge is -2.36. The smallest absolute Gasteiger partial charge is 0.246 e. The van der Waals surface area contributed by atoms with Crippen LogP contribution in [0.5, 0.6) is 0 Å².